The van der Waals surface area contributed by atoms with Gasteiger partial charge in [0.15, 0.2) is 0 Å². The fraction of sp³-hybridized carbons (Fsp3) is 0.333. The largest absolute Gasteiger partial charge is 0.240 e. The topological polar surface area (TPSA) is 46.2 Å². The molecule has 0 aliphatic carbocycles. The molecule has 20 heavy (non-hydrogen) atoms. The van der Waals surface area contributed by atoms with E-state index >= 15 is 0 Å². The van der Waals surface area contributed by atoms with E-state index in [1.54, 1.807) is 12.1 Å². The van der Waals surface area contributed by atoms with Gasteiger partial charge in [0, 0.05) is 11.4 Å². The summed E-state index contributed by atoms with van der Waals surface area (Å²) in [7, 11) is -3.44. The van der Waals surface area contributed by atoms with Crippen LogP contribution in [0.5, 0.6) is 0 Å². The molecule has 0 bridgehead atoms. The van der Waals surface area contributed by atoms with E-state index in [0.717, 1.165) is 10.4 Å². The van der Waals surface area contributed by atoms with Gasteiger partial charge in [0.1, 0.15) is 0 Å². The van der Waals surface area contributed by atoms with Gasteiger partial charge < -0.3 is 0 Å². The van der Waals surface area contributed by atoms with Gasteiger partial charge >= 0.3 is 0 Å². The van der Waals surface area contributed by atoms with Gasteiger partial charge in [-0.3, -0.25) is 0 Å². The fourth-order valence-corrected chi connectivity index (χ4v) is 3.54. The Balaban J connectivity index is 2.13. The molecule has 108 valence electrons. The van der Waals surface area contributed by atoms with Crippen molar-refractivity contribution in [3.05, 3.63) is 52.2 Å². The van der Waals surface area contributed by atoms with Crippen molar-refractivity contribution in [1.82, 2.24) is 4.72 Å². The van der Waals surface area contributed by atoms with Gasteiger partial charge in [-0.2, -0.15) is 0 Å². The zero-order chi connectivity index (χ0) is 14.8. The molecular formula is C15H19NO2S2. The Bertz CT molecular complexity index is 651. The molecule has 0 saturated carbocycles. The number of sulfonamides is 1. The molecule has 0 fully saturated rings. The van der Waals surface area contributed by atoms with Crippen LogP contribution in [0.4, 0.5) is 0 Å². The van der Waals surface area contributed by atoms with Crippen molar-refractivity contribution in [2.45, 2.75) is 37.6 Å². The molecule has 1 heterocycles. The third-order valence-corrected chi connectivity index (χ3v) is 5.34. The second-order valence-electron chi connectivity index (χ2n) is 5.68. The highest BCUT2D eigenvalue weighted by atomic mass is 32.2. The zero-order valence-corrected chi connectivity index (χ0v) is 13.5. The Hall–Kier alpha value is -1.17. The molecule has 0 radical (unpaired) electrons. The van der Waals surface area contributed by atoms with E-state index < -0.39 is 10.0 Å². The predicted molar refractivity (Wildman–Crippen MR) is 83.5 cm³/mol. The number of benzene rings is 1. The lowest BCUT2D eigenvalue weighted by Gasteiger charge is -2.19. The van der Waals surface area contributed by atoms with Gasteiger partial charge in [-0.05, 0) is 34.6 Å². The quantitative estimate of drug-likeness (QED) is 0.939. The SMILES string of the molecule is CC(C)(C)c1ccc(S(=O)(=O)NCc2cccs2)cc1. The monoisotopic (exact) mass is 309 g/mol. The number of hydrogen-bond acceptors (Lipinski definition) is 3. The first kappa shape index (κ1) is 15.2. The van der Waals surface area contributed by atoms with Crippen molar-refractivity contribution in [2.75, 3.05) is 0 Å². The summed E-state index contributed by atoms with van der Waals surface area (Å²) in [5.41, 5.74) is 1.14. The highest BCUT2D eigenvalue weighted by Gasteiger charge is 2.17. The summed E-state index contributed by atoms with van der Waals surface area (Å²) in [5.74, 6) is 0. The van der Waals surface area contributed by atoms with Crippen LogP contribution in [-0.2, 0) is 22.0 Å². The fourth-order valence-electron chi connectivity index (χ4n) is 1.80. The van der Waals surface area contributed by atoms with Gasteiger partial charge in [-0.1, -0.05) is 39.0 Å². The van der Waals surface area contributed by atoms with E-state index in [0.29, 0.717) is 11.4 Å². The molecule has 0 saturated heterocycles. The Morgan fingerprint density at radius 2 is 1.75 bits per heavy atom. The van der Waals surface area contributed by atoms with Crippen LogP contribution >= 0.6 is 11.3 Å². The van der Waals surface area contributed by atoms with Crippen LogP contribution in [0, 0.1) is 0 Å². The summed E-state index contributed by atoms with van der Waals surface area (Å²) < 4.78 is 27.0. The summed E-state index contributed by atoms with van der Waals surface area (Å²) in [6, 6.07) is 10.9. The summed E-state index contributed by atoms with van der Waals surface area (Å²) in [4.78, 5) is 1.31. The van der Waals surface area contributed by atoms with Crippen molar-refractivity contribution >= 4 is 21.4 Å². The summed E-state index contributed by atoms with van der Waals surface area (Å²) >= 11 is 1.54. The average Bonchev–Trinajstić information content (AvgIpc) is 2.89. The normalized spacial score (nSPS) is 12.6. The van der Waals surface area contributed by atoms with Crippen molar-refractivity contribution in [3.8, 4) is 0 Å². The van der Waals surface area contributed by atoms with Crippen LogP contribution in [0.2, 0.25) is 0 Å². The van der Waals surface area contributed by atoms with E-state index in [4.69, 9.17) is 0 Å². The van der Waals surface area contributed by atoms with E-state index in [1.165, 1.54) is 11.3 Å². The molecule has 0 amide bonds. The Morgan fingerprint density at radius 3 is 2.25 bits per heavy atom. The Labute approximate surface area is 124 Å². The van der Waals surface area contributed by atoms with Crippen molar-refractivity contribution in [1.29, 1.82) is 0 Å². The minimum atomic E-state index is -3.44. The lowest BCUT2D eigenvalue weighted by atomic mass is 9.87. The first-order valence-electron chi connectivity index (χ1n) is 6.42. The number of rotatable bonds is 4. The molecule has 2 aromatic rings. The molecule has 2 rings (SSSR count). The second kappa shape index (κ2) is 5.68. The van der Waals surface area contributed by atoms with Crippen LogP contribution in [0.3, 0.4) is 0 Å². The van der Waals surface area contributed by atoms with Gasteiger partial charge in [-0.15, -0.1) is 11.3 Å². The maximum Gasteiger partial charge on any atom is 0.240 e. The van der Waals surface area contributed by atoms with E-state index in [2.05, 4.69) is 25.5 Å². The second-order valence-corrected chi connectivity index (χ2v) is 8.48. The maximum absolute atomic E-state index is 12.2. The van der Waals surface area contributed by atoms with E-state index in [1.807, 2.05) is 29.6 Å². The lowest BCUT2D eigenvalue weighted by Crippen LogP contribution is -2.23. The molecule has 1 aromatic carbocycles. The molecule has 1 N–H and O–H groups in total. The smallest absolute Gasteiger partial charge is 0.207 e. The standard InChI is InChI=1S/C15H19NO2S2/c1-15(2,3)12-6-8-14(9-7-12)20(17,18)16-11-13-5-4-10-19-13/h4-10,16H,11H2,1-3H3. The van der Waals surface area contributed by atoms with Crippen LogP contribution < -0.4 is 4.72 Å². The highest BCUT2D eigenvalue weighted by molar-refractivity contribution is 7.89. The summed E-state index contributed by atoms with van der Waals surface area (Å²) in [6.45, 7) is 6.64. The van der Waals surface area contributed by atoms with Gasteiger partial charge in [0.05, 0.1) is 4.90 Å². The molecule has 0 unspecified atom stereocenters. The number of nitrogens with one attached hydrogen (secondary N) is 1. The van der Waals surface area contributed by atoms with Crippen LogP contribution in [0.1, 0.15) is 31.2 Å². The Morgan fingerprint density at radius 1 is 1.10 bits per heavy atom. The van der Waals surface area contributed by atoms with Gasteiger partial charge in [0.25, 0.3) is 0 Å². The molecule has 3 nitrogen and oxygen atoms in total. The maximum atomic E-state index is 12.2. The van der Waals surface area contributed by atoms with E-state index in [9.17, 15) is 8.42 Å². The lowest BCUT2D eigenvalue weighted by molar-refractivity contribution is 0.578. The molecular weight excluding hydrogens is 290 g/mol. The average molecular weight is 309 g/mol. The summed E-state index contributed by atoms with van der Waals surface area (Å²) in [6.07, 6.45) is 0. The predicted octanol–water partition coefficient (Wildman–Crippen LogP) is 3.52. The van der Waals surface area contributed by atoms with Crippen molar-refractivity contribution in [3.63, 3.8) is 0 Å². The van der Waals surface area contributed by atoms with Crippen LogP contribution in [0.15, 0.2) is 46.7 Å². The Kier molecular flexibility index (Phi) is 4.32. The van der Waals surface area contributed by atoms with Crippen LogP contribution in [-0.4, -0.2) is 8.42 Å². The minimum absolute atomic E-state index is 0.0205. The molecule has 5 heteroatoms. The summed E-state index contributed by atoms with van der Waals surface area (Å²) in [5, 5.41) is 1.93. The molecule has 0 aliphatic rings. The van der Waals surface area contributed by atoms with Gasteiger partial charge in [-0.25, -0.2) is 13.1 Å². The van der Waals surface area contributed by atoms with Crippen molar-refractivity contribution < 1.29 is 8.42 Å². The zero-order valence-electron chi connectivity index (χ0n) is 11.9. The number of thiophene rings is 1. The molecule has 1 aromatic heterocycles. The molecule has 0 aliphatic heterocycles. The number of hydrogen-bond donors (Lipinski definition) is 1. The first-order valence-corrected chi connectivity index (χ1v) is 8.78. The van der Waals surface area contributed by atoms with Crippen LogP contribution in [0.25, 0.3) is 0 Å². The highest BCUT2D eigenvalue weighted by Crippen LogP contribution is 2.23. The molecule has 0 spiro atoms. The van der Waals surface area contributed by atoms with E-state index in [-0.39, 0.29) is 5.41 Å². The minimum Gasteiger partial charge on any atom is -0.207 e. The van der Waals surface area contributed by atoms with Crippen molar-refractivity contribution in [2.24, 2.45) is 0 Å². The first-order chi connectivity index (χ1) is 9.29. The van der Waals surface area contributed by atoms with Gasteiger partial charge in [0.2, 0.25) is 10.0 Å². The third kappa shape index (κ3) is 3.69. The molecule has 0 atom stereocenters. The third-order valence-electron chi connectivity index (χ3n) is 3.05.